The maximum Gasteiger partial charge on any atom is 0.159 e. The van der Waals surface area contributed by atoms with E-state index in [2.05, 4.69) is 34.3 Å². The van der Waals surface area contributed by atoms with Crippen molar-refractivity contribution in [3.05, 3.63) is 29.8 Å². The predicted octanol–water partition coefficient (Wildman–Crippen LogP) is 1.63. The van der Waals surface area contributed by atoms with Crippen molar-refractivity contribution in [3.63, 3.8) is 0 Å². The minimum absolute atomic E-state index is 0.394. The molecule has 0 saturated heterocycles. The van der Waals surface area contributed by atoms with Gasteiger partial charge in [0.05, 0.1) is 5.69 Å². The van der Waals surface area contributed by atoms with Crippen LogP contribution in [0, 0.1) is 0 Å². The van der Waals surface area contributed by atoms with Crippen LogP contribution in [-0.2, 0) is 6.42 Å². The van der Waals surface area contributed by atoms with Crippen molar-refractivity contribution in [1.82, 2.24) is 19.7 Å². The molecule has 0 saturated carbocycles. The Morgan fingerprint density at radius 1 is 1.39 bits per heavy atom. The molecule has 0 amide bonds. The zero-order valence-electron chi connectivity index (χ0n) is 10.9. The maximum atomic E-state index is 5.40. The van der Waals surface area contributed by atoms with E-state index < -0.39 is 0 Å². The number of anilines is 1. The molecule has 0 unspecified atom stereocenters. The first-order valence-corrected chi connectivity index (χ1v) is 6.04. The molecule has 2 rings (SSSR count). The summed E-state index contributed by atoms with van der Waals surface area (Å²) in [6, 6.07) is 3.77. The van der Waals surface area contributed by atoms with Gasteiger partial charge < -0.3 is 5.43 Å². The first kappa shape index (κ1) is 12.5. The molecule has 0 aliphatic carbocycles. The number of aromatic nitrogens is 4. The summed E-state index contributed by atoms with van der Waals surface area (Å²) in [5, 5.41) is 4.49. The Morgan fingerprint density at radius 3 is 2.72 bits per heavy atom. The fourth-order valence-corrected chi connectivity index (χ4v) is 1.61. The fourth-order valence-electron chi connectivity index (χ4n) is 1.61. The van der Waals surface area contributed by atoms with Crippen LogP contribution in [0.3, 0.4) is 0 Å². The lowest BCUT2D eigenvalue weighted by Gasteiger charge is -2.06. The van der Waals surface area contributed by atoms with Gasteiger partial charge in [-0.3, -0.25) is 0 Å². The SMILES string of the molecule is CCc1nc(NN)cc(-n2ccc(C(C)C)n2)n1. The minimum atomic E-state index is 0.394. The summed E-state index contributed by atoms with van der Waals surface area (Å²) in [5.74, 6) is 7.86. The second kappa shape index (κ2) is 5.14. The lowest BCUT2D eigenvalue weighted by molar-refractivity contribution is 0.749. The number of hydrogen-bond donors (Lipinski definition) is 2. The van der Waals surface area contributed by atoms with E-state index >= 15 is 0 Å². The summed E-state index contributed by atoms with van der Waals surface area (Å²) in [6.45, 7) is 6.22. The van der Waals surface area contributed by atoms with Crippen molar-refractivity contribution < 1.29 is 0 Å². The average Bonchev–Trinajstić information content (AvgIpc) is 2.87. The van der Waals surface area contributed by atoms with Crippen LogP contribution in [0.15, 0.2) is 18.3 Å². The Morgan fingerprint density at radius 2 is 2.17 bits per heavy atom. The molecule has 0 aliphatic heterocycles. The zero-order chi connectivity index (χ0) is 13.1. The first-order valence-electron chi connectivity index (χ1n) is 6.04. The van der Waals surface area contributed by atoms with Gasteiger partial charge in [0.1, 0.15) is 11.6 Å². The molecule has 0 bridgehead atoms. The molecular weight excluding hydrogens is 228 g/mol. The zero-order valence-corrected chi connectivity index (χ0v) is 10.9. The Bertz CT molecular complexity index is 509. The number of nitrogens with two attached hydrogens (primary N) is 1. The lowest BCUT2D eigenvalue weighted by Crippen LogP contribution is -2.12. The van der Waals surface area contributed by atoms with E-state index in [0.717, 1.165) is 23.8 Å². The van der Waals surface area contributed by atoms with Crippen molar-refractivity contribution in [2.75, 3.05) is 5.43 Å². The summed E-state index contributed by atoms with van der Waals surface area (Å²) in [6.07, 6.45) is 2.65. The van der Waals surface area contributed by atoms with Crippen molar-refractivity contribution in [1.29, 1.82) is 0 Å². The van der Waals surface area contributed by atoms with Gasteiger partial charge in [0.15, 0.2) is 5.82 Å². The molecule has 2 aromatic heterocycles. The smallest absolute Gasteiger partial charge is 0.159 e. The normalized spacial score (nSPS) is 10.9. The largest absolute Gasteiger partial charge is 0.308 e. The van der Waals surface area contributed by atoms with Gasteiger partial charge in [-0.25, -0.2) is 20.5 Å². The predicted molar refractivity (Wildman–Crippen MR) is 70.4 cm³/mol. The molecule has 96 valence electrons. The summed E-state index contributed by atoms with van der Waals surface area (Å²) < 4.78 is 1.75. The van der Waals surface area contributed by atoms with Gasteiger partial charge in [0.25, 0.3) is 0 Å². The fraction of sp³-hybridized carbons (Fsp3) is 0.417. The molecule has 18 heavy (non-hydrogen) atoms. The van der Waals surface area contributed by atoms with E-state index in [9.17, 15) is 0 Å². The third-order valence-corrected chi connectivity index (χ3v) is 2.66. The molecule has 0 radical (unpaired) electrons. The Kier molecular flexibility index (Phi) is 3.57. The van der Waals surface area contributed by atoms with Crippen LogP contribution in [0.1, 0.15) is 38.2 Å². The summed E-state index contributed by atoms with van der Waals surface area (Å²) in [5.41, 5.74) is 3.59. The molecule has 0 atom stereocenters. The van der Waals surface area contributed by atoms with Crippen LogP contribution in [0.25, 0.3) is 5.82 Å². The number of aryl methyl sites for hydroxylation is 1. The average molecular weight is 246 g/mol. The highest BCUT2D eigenvalue weighted by molar-refractivity contribution is 5.40. The molecule has 0 fully saturated rings. The van der Waals surface area contributed by atoms with Crippen LogP contribution in [-0.4, -0.2) is 19.7 Å². The van der Waals surface area contributed by atoms with Gasteiger partial charge in [-0.05, 0) is 12.0 Å². The first-order chi connectivity index (χ1) is 8.63. The third-order valence-electron chi connectivity index (χ3n) is 2.66. The molecule has 2 aromatic rings. The van der Waals surface area contributed by atoms with Crippen molar-refractivity contribution in [2.24, 2.45) is 5.84 Å². The highest BCUT2D eigenvalue weighted by Gasteiger charge is 2.08. The molecule has 3 N–H and O–H groups in total. The van der Waals surface area contributed by atoms with E-state index in [1.165, 1.54) is 0 Å². The molecule has 0 aromatic carbocycles. The third kappa shape index (κ3) is 2.48. The number of nitrogens with zero attached hydrogens (tertiary/aromatic N) is 4. The number of nitrogen functional groups attached to an aromatic ring is 1. The molecule has 6 heteroatoms. The second-order valence-corrected chi connectivity index (χ2v) is 4.37. The van der Waals surface area contributed by atoms with Gasteiger partial charge in [0.2, 0.25) is 0 Å². The van der Waals surface area contributed by atoms with Crippen LogP contribution in [0.4, 0.5) is 5.82 Å². The van der Waals surface area contributed by atoms with E-state index in [4.69, 9.17) is 5.84 Å². The van der Waals surface area contributed by atoms with E-state index in [-0.39, 0.29) is 0 Å². The van der Waals surface area contributed by atoms with E-state index in [1.807, 2.05) is 19.2 Å². The molecule has 2 heterocycles. The Balaban J connectivity index is 2.42. The summed E-state index contributed by atoms with van der Waals surface area (Å²) in [4.78, 5) is 8.69. The Labute approximate surface area is 106 Å². The number of rotatable bonds is 4. The molecular formula is C12H18N6. The molecule has 0 spiro atoms. The van der Waals surface area contributed by atoms with Crippen molar-refractivity contribution >= 4 is 5.82 Å². The Hall–Kier alpha value is -1.95. The van der Waals surface area contributed by atoms with Crippen LogP contribution in [0.2, 0.25) is 0 Å². The second-order valence-electron chi connectivity index (χ2n) is 4.37. The van der Waals surface area contributed by atoms with Crippen molar-refractivity contribution in [2.45, 2.75) is 33.1 Å². The van der Waals surface area contributed by atoms with E-state index in [1.54, 1.807) is 10.7 Å². The van der Waals surface area contributed by atoms with Crippen LogP contribution >= 0.6 is 0 Å². The summed E-state index contributed by atoms with van der Waals surface area (Å²) >= 11 is 0. The van der Waals surface area contributed by atoms with Crippen LogP contribution in [0.5, 0.6) is 0 Å². The van der Waals surface area contributed by atoms with E-state index in [0.29, 0.717) is 11.7 Å². The van der Waals surface area contributed by atoms with Gasteiger partial charge in [0, 0.05) is 18.7 Å². The highest BCUT2D eigenvalue weighted by Crippen LogP contribution is 2.14. The molecule has 0 aliphatic rings. The highest BCUT2D eigenvalue weighted by atomic mass is 15.3. The van der Waals surface area contributed by atoms with Gasteiger partial charge >= 0.3 is 0 Å². The molecule has 6 nitrogen and oxygen atoms in total. The van der Waals surface area contributed by atoms with Crippen LogP contribution < -0.4 is 11.3 Å². The minimum Gasteiger partial charge on any atom is -0.308 e. The number of hydrogen-bond acceptors (Lipinski definition) is 5. The summed E-state index contributed by atoms with van der Waals surface area (Å²) in [7, 11) is 0. The number of nitrogens with one attached hydrogen (secondary N) is 1. The van der Waals surface area contributed by atoms with Crippen molar-refractivity contribution in [3.8, 4) is 5.82 Å². The maximum absolute atomic E-state index is 5.40. The standard InChI is InChI=1S/C12H18N6/c1-4-10-14-11(16-13)7-12(15-10)18-6-5-9(17-18)8(2)3/h5-8H,4,13H2,1-3H3,(H,14,15,16). The number of hydrazine groups is 1. The lowest BCUT2D eigenvalue weighted by atomic mass is 10.1. The monoisotopic (exact) mass is 246 g/mol. The topological polar surface area (TPSA) is 81.6 Å². The quantitative estimate of drug-likeness (QED) is 0.633. The van der Waals surface area contributed by atoms with Gasteiger partial charge in [-0.1, -0.05) is 20.8 Å². The van der Waals surface area contributed by atoms with Gasteiger partial charge in [-0.2, -0.15) is 5.10 Å². The van der Waals surface area contributed by atoms with Gasteiger partial charge in [-0.15, -0.1) is 0 Å².